The summed E-state index contributed by atoms with van der Waals surface area (Å²) in [5, 5.41) is 7.62. The predicted octanol–water partition coefficient (Wildman–Crippen LogP) is 2.58. The Bertz CT molecular complexity index is 1160. The number of ether oxygens (including phenoxy) is 1. The lowest BCUT2D eigenvalue weighted by Crippen LogP contribution is -2.35. The van der Waals surface area contributed by atoms with Crippen molar-refractivity contribution in [2.75, 3.05) is 32.0 Å². The van der Waals surface area contributed by atoms with Gasteiger partial charge in [-0.2, -0.15) is 0 Å². The van der Waals surface area contributed by atoms with Gasteiger partial charge in [-0.3, -0.25) is 9.88 Å². The third kappa shape index (κ3) is 3.31. The predicted molar refractivity (Wildman–Crippen MR) is 112 cm³/mol. The number of nitrogens with zero attached hydrogens (tertiary/aromatic N) is 6. The van der Waals surface area contributed by atoms with Gasteiger partial charge in [0, 0.05) is 37.9 Å². The van der Waals surface area contributed by atoms with Gasteiger partial charge < -0.3 is 15.0 Å². The van der Waals surface area contributed by atoms with Crippen LogP contribution in [0.3, 0.4) is 0 Å². The molecule has 0 bridgehead atoms. The average molecular weight is 405 g/mol. The molecule has 3 aromatic heterocycles. The van der Waals surface area contributed by atoms with Crippen molar-refractivity contribution in [3.63, 3.8) is 0 Å². The highest BCUT2D eigenvalue weighted by Gasteiger charge is 2.21. The van der Waals surface area contributed by atoms with E-state index in [1.54, 1.807) is 6.20 Å². The van der Waals surface area contributed by atoms with Gasteiger partial charge in [0.25, 0.3) is 0 Å². The van der Waals surface area contributed by atoms with Gasteiger partial charge in [-0.25, -0.2) is 9.61 Å². The van der Waals surface area contributed by atoms with Gasteiger partial charge in [0.2, 0.25) is 0 Å². The minimum atomic E-state index is 0.224. The molecule has 2 N–H and O–H groups in total. The van der Waals surface area contributed by atoms with Crippen LogP contribution in [0.25, 0.3) is 33.7 Å². The fourth-order valence-corrected chi connectivity index (χ4v) is 3.95. The molecule has 1 aliphatic heterocycles. The number of imidazole rings is 1. The lowest BCUT2D eigenvalue weighted by atomic mass is 10.0. The molecule has 1 aromatic carbocycles. The molecule has 9 heteroatoms. The van der Waals surface area contributed by atoms with Gasteiger partial charge in [-0.1, -0.05) is 24.3 Å². The van der Waals surface area contributed by atoms with E-state index >= 15 is 0 Å². The Balaban J connectivity index is 1.53. The van der Waals surface area contributed by atoms with E-state index in [1.807, 2.05) is 6.20 Å². The fourth-order valence-electron chi connectivity index (χ4n) is 3.95. The van der Waals surface area contributed by atoms with E-state index < -0.39 is 0 Å². The molecule has 154 valence electrons. The summed E-state index contributed by atoms with van der Waals surface area (Å²) in [6.07, 6.45) is 3.63. The van der Waals surface area contributed by atoms with Gasteiger partial charge in [-0.15, -0.1) is 0 Å². The van der Waals surface area contributed by atoms with Crippen LogP contribution in [0, 0.1) is 0 Å². The topological polar surface area (TPSA) is 108 Å². The zero-order valence-electron chi connectivity index (χ0n) is 16.8. The molecule has 4 heterocycles. The second kappa shape index (κ2) is 7.85. The van der Waals surface area contributed by atoms with Crippen LogP contribution >= 0.6 is 0 Å². The Kier molecular flexibility index (Phi) is 4.89. The maximum atomic E-state index is 5.91. The number of nitrogens with two attached hydrogens (primary N) is 1. The highest BCUT2D eigenvalue weighted by molar-refractivity contribution is 5.93. The molecule has 1 aliphatic rings. The summed E-state index contributed by atoms with van der Waals surface area (Å²) in [7, 11) is 0. The van der Waals surface area contributed by atoms with Crippen LogP contribution in [0.1, 0.15) is 12.5 Å². The summed E-state index contributed by atoms with van der Waals surface area (Å²) in [5.41, 5.74) is 11.5. The molecule has 9 nitrogen and oxygen atoms in total. The minimum absolute atomic E-state index is 0.224. The van der Waals surface area contributed by atoms with E-state index in [4.69, 9.17) is 20.1 Å². The van der Waals surface area contributed by atoms with Crippen molar-refractivity contribution in [3.8, 4) is 22.6 Å². The third-order valence-electron chi connectivity index (χ3n) is 5.47. The molecule has 0 radical (unpaired) electrons. The van der Waals surface area contributed by atoms with E-state index in [0.29, 0.717) is 18.1 Å². The minimum Gasteiger partial charge on any atom is -0.379 e. The first-order valence-corrected chi connectivity index (χ1v) is 10.1. The molecule has 5 rings (SSSR count). The molecule has 0 saturated carbocycles. The molecule has 0 amide bonds. The molecule has 1 fully saturated rings. The Morgan fingerprint density at radius 3 is 2.57 bits per heavy atom. The molecule has 4 aromatic rings. The van der Waals surface area contributed by atoms with Gasteiger partial charge in [-0.05, 0) is 28.4 Å². The highest BCUT2D eigenvalue weighted by atomic mass is 16.6. The Hall–Kier alpha value is -3.30. The number of benzene rings is 1. The molecule has 0 spiro atoms. The first kappa shape index (κ1) is 18.7. The summed E-state index contributed by atoms with van der Waals surface area (Å²) in [5.74, 6) is 0.853. The van der Waals surface area contributed by atoms with Gasteiger partial charge in [0.15, 0.2) is 17.3 Å². The number of aryl methyl sites for hydroxylation is 1. The van der Waals surface area contributed by atoms with Crippen LogP contribution in [-0.2, 0) is 17.8 Å². The summed E-state index contributed by atoms with van der Waals surface area (Å²) in [6, 6.07) is 8.64. The van der Waals surface area contributed by atoms with Crippen LogP contribution in [-0.4, -0.2) is 56.1 Å². The number of fused-ring (bicyclic) bond motifs is 1. The SMILES string of the molecule is CCn1c(-c2nonc2N)nc2cncc(-c3ccc(CN4CCOCC4)cc3)c21. The van der Waals surface area contributed by atoms with E-state index in [0.717, 1.165) is 55.0 Å². The van der Waals surface area contributed by atoms with Gasteiger partial charge in [0.05, 0.1) is 24.9 Å². The largest absolute Gasteiger partial charge is 0.379 e. The first-order chi connectivity index (χ1) is 14.7. The number of hydrogen-bond donors (Lipinski definition) is 1. The van der Waals surface area contributed by atoms with Gasteiger partial charge in [0.1, 0.15) is 5.52 Å². The van der Waals surface area contributed by atoms with Gasteiger partial charge >= 0.3 is 0 Å². The number of anilines is 1. The quantitative estimate of drug-likeness (QED) is 0.540. The molecule has 0 unspecified atom stereocenters. The number of pyridine rings is 1. The maximum Gasteiger partial charge on any atom is 0.199 e. The van der Waals surface area contributed by atoms with Crippen LogP contribution < -0.4 is 5.73 Å². The lowest BCUT2D eigenvalue weighted by molar-refractivity contribution is 0.0342. The van der Waals surface area contributed by atoms with E-state index in [1.165, 1.54) is 5.56 Å². The van der Waals surface area contributed by atoms with Crippen LogP contribution in [0.4, 0.5) is 5.82 Å². The summed E-state index contributed by atoms with van der Waals surface area (Å²) < 4.78 is 12.3. The third-order valence-corrected chi connectivity index (χ3v) is 5.47. The van der Waals surface area contributed by atoms with Crippen molar-refractivity contribution in [2.45, 2.75) is 20.0 Å². The monoisotopic (exact) mass is 405 g/mol. The molecule has 30 heavy (non-hydrogen) atoms. The number of nitrogen functional groups attached to an aromatic ring is 1. The highest BCUT2D eigenvalue weighted by Crippen LogP contribution is 2.32. The van der Waals surface area contributed by atoms with Crippen molar-refractivity contribution in [2.24, 2.45) is 0 Å². The summed E-state index contributed by atoms with van der Waals surface area (Å²) in [4.78, 5) is 11.5. The van der Waals surface area contributed by atoms with Crippen LogP contribution in [0.5, 0.6) is 0 Å². The number of hydrogen-bond acceptors (Lipinski definition) is 8. The van der Waals surface area contributed by atoms with Crippen molar-refractivity contribution in [1.82, 2.24) is 29.7 Å². The van der Waals surface area contributed by atoms with E-state index in [2.05, 4.69) is 56.0 Å². The van der Waals surface area contributed by atoms with E-state index in [9.17, 15) is 0 Å². The normalized spacial score (nSPS) is 15.1. The van der Waals surface area contributed by atoms with Crippen molar-refractivity contribution in [1.29, 1.82) is 0 Å². The Morgan fingerprint density at radius 2 is 1.87 bits per heavy atom. The van der Waals surface area contributed by atoms with Crippen molar-refractivity contribution >= 4 is 16.9 Å². The molecule has 1 saturated heterocycles. The fraction of sp³-hybridized carbons (Fsp3) is 0.333. The second-order valence-electron chi connectivity index (χ2n) is 7.32. The molecular weight excluding hydrogens is 382 g/mol. The van der Waals surface area contributed by atoms with Crippen molar-refractivity contribution < 1.29 is 9.37 Å². The standard InChI is InChI=1S/C21H23N7O2/c1-2-28-19-16(11-23-12-17(19)24-21(28)18-20(22)26-30-25-18)15-5-3-14(4-6-15)13-27-7-9-29-10-8-27/h3-6,11-12H,2,7-10,13H2,1H3,(H2,22,26). The Labute approximate surface area is 173 Å². The Morgan fingerprint density at radius 1 is 1.07 bits per heavy atom. The average Bonchev–Trinajstić information content (AvgIpc) is 3.37. The van der Waals surface area contributed by atoms with Crippen LogP contribution in [0.2, 0.25) is 0 Å². The maximum absolute atomic E-state index is 5.91. The molecule has 0 atom stereocenters. The smallest absolute Gasteiger partial charge is 0.199 e. The molecular formula is C21H23N7O2. The van der Waals surface area contributed by atoms with Crippen LogP contribution in [0.15, 0.2) is 41.3 Å². The zero-order chi connectivity index (χ0) is 20.5. The zero-order valence-corrected chi connectivity index (χ0v) is 16.8. The lowest BCUT2D eigenvalue weighted by Gasteiger charge is -2.26. The molecule has 0 aliphatic carbocycles. The van der Waals surface area contributed by atoms with E-state index in [-0.39, 0.29) is 5.82 Å². The second-order valence-corrected chi connectivity index (χ2v) is 7.32. The number of rotatable bonds is 5. The summed E-state index contributed by atoms with van der Waals surface area (Å²) >= 11 is 0. The number of aromatic nitrogens is 5. The first-order valence-electron chi connectivity index (χ1n) is 10.1. The number of morpholine rings is 1. The summed E-state index contributed by atoms with van der Waals surface area (Å²) in [6.45, 7) is 7.25. The van der Waals surface area contributed by atoms with Crippen molar-refractivity contribution in [3.05, 3.63) is 42.2 Å².